The number of benzene rings is 1. The lowest BCUT2D eigenvalue weighted by atomic mass is 10.1. The van der Waals surface area contributed by atoms with E-state index >= 15 is 0 Å². The van der Waals surface area contributed by atoms with Gasteiger partial charge in [0.15, 0.2) is 5.82 Å². The van der Waals surface area contributed by atoms with Gasteiger partial charge in [-0.15, -0.1) is 10.2 Å². The van der Waals surface area contributed by atoms with Crippen molar-refractivity contribution in [1.29, 1.82) is 0 Å². The number of likely N-dealkylation sites (N-methyl/N-ethyl adjacent to an activating group) is 1. The number of H-pyrrole nitrogens is 1. The van der Waals surface area contributed by atoms with Crippen LogP contribution < -0.4 is 0 Å². The standard InChI is InChI=1S/C13H16ClN5O/c1-9(13-15-17-18-16-13)8-19(2)12(20)7-10-4-3-5-11(14)6-10/h3-6,9H,7-8H2,1-2H3,(H,15,16,17,18)/t9-/m0/s1. The number of tetrazole rings is 1. The molecule has 1 N–H and O–H groups in total. The SMILES string of the molecule is C[C@@H](CN(C)C(=O)Cc1cccc(Cl)c1)c1nn[nH]n1. The summed E-state index contributed by atoms with van der Waals surface area (Å²) in [6.45, 7) is 2.49. The van der Waals surface area contributed by atoms with Gasteiger partial charge in [-0.05, 0) is 17.7 Å². The predicted octanol–water partition coefficient (Wildman–Crippen LogP) is 1.66. The summed E-state index contributed by atoms with van der Waals surface area (Å²) in [5.74, 6) is 0.664. The summed E-state index contributed by atoms with van der Waals surface area (Å²) in [6.07, 6.45) is 0.329. The van der Waals surface area contributed by atoms with E-state index in [1.807, 2.05) is 19.1 Å². The number of aromatic amines is 1. The second-order valence-corrected chi connectivity index (χ2v) is 5.19. The number of rotatable bonds is 5. The van der Waals surface area contributed by atoms with Crippen molar-refractivity contribution in [3.05, 3.63) is 40.7 Å². The molecule has 6 nitrogen and oxygen atoms in total. The fourth-order valence-electron chi connectivity index (χ4n) is 1.93. The highest BCUT2D eigenvalue weighted by Gasteiger charge is 2.17. The molecular weight excluding hydrogens is 278 g/mol. The first-order chi connectivity index (χ1) is 9.56. The van der Waals surface area contributed by atoms with Gasteiger partial charge in [-0.1, -0.05) is 35.9 Å². The lowest BCUT2D eigenvalue weighted by Gasteiger charge is -2.20. The Bertz CT molecular complexity index is 572. The molecule has 0 saturated carbocycles. The Balaban J connectivity index is 1.92. The maximum absolute atomic E-state index is 12.1. The topological polar surface area (TPSA) is 74.8 Å². The molecule has 1 heterocycles. The minimum absolute atomic E-state index is 0.0297. The van der Waals surface area contributed by atoms with Crippen molar-refractivity contribution in [1.82, 2.24) is 25.5 Å². The Morgan fingerprint density at radius 3 is 2.95 bits per heavy atom. The second kappa shape index (κ2) is 6.47. The number of carbonyl (C=O) groups is 1. The van der Waals surface area contributed by atoms with E-state index < -0.39 is 0 Å². The minimum atomic E-state index is 0.0297. The fraction of sp³-hybridized carbons (Fsp3) is 0.385. The summed E-state index contributed by atoms with van der Waals surface area (Å²) in [5.41, 5.74) is 0.904. The van der Waals surface area contributed by atoms with E-state index in [1.54, 1.807) is 24.1 Å². The molecule has 2 aromatic rings. The first-order valence-corrected chi connectivity index (χ1v) is 6.66. The van der Waals surface area contributed by atoms with Crippen LogP contribution in [0.3, 0.4) is 0 Å². The van der Waals surface area contributed by atoms with Gasteiger partial charge < -0.3 is 4.90 Å². The molecule has 1 amide bonds. The lowest BCUT2D eigenvalue weighted by molar-refractivity contribution is -0.129. The first kappa shape index (κ1) is 14.5. The molecular formula is C13H16ClN5O. The summed E-state index contributed by atoms with van der Waals surface area (Å²) in [5, 5.41) is 14.4. The number of aromatic nitrogens is 4. The molecule has 0 unspecified atom stereocenters. The van der Waals surface area contributed by atoms with Gasteiger partial charge in [-0.3, -0.25) is 4.79 Å². The van der Waals surface area contributed by atoms with Crippen LogP contribution in [0.25, 0.3) is 0 Å². The maximum atomic E-state index is 12.1. The molecule has 1 aromatic heterocycles. The van der Waals surface area contributed by atoms with E-state index in [0.717, 1.165) is 5.56 Å². The van der Waals surface area contributed by atoms with Crippen LogP contribution in [-0.2, 0) is 11.2 Å². The molecule has 0 aliphatic heterocycles. The van der Waals surface area contributed by atoms with Crippen molar-refractivity contribution in [2.45, 2.75) is 19.3 Å². The van der Waals surface area contributed by atoms with Crippen LogP contribution in [0.5, 0.6) is 0 Å². The molecule has 106 valence electrons. The molecule has 0 saturated heterocycles. The Morgan fingerprint density at radius 2 is 2.30 bits per heavy atom. The normalized spacial score (nSPS) is 12.2. The number of nitrogens with zero attached hydrogens (tertiary/aromatic N) is 4. The minimum Gasteiger partial charge on any atom is -0.345 e. The largest absolute Gasteiger partial charge is 0.345 e. The highest BCUT2D eigenvalue weighted by atomic mass is 35.5. The fourth-order valence-corrected chi connectivity index (χ4v) is 2.14. The number of amides is 1. The third-order valence-electron chi connectivity index (χ3n) is 3.02. The van der Waals surface area contributed by atoms with E-state index in [4.69, 9.17) is 11.6 Å². The van der Waals surface area contributed by atoms with Crippen LogP contribution in [-0.4, -0.2) is 45.0 Å². The zero-order valence-corrected chi connectivity index (χ0v) is 12.1. The number of carbonyl (C=O) groups excluding carboxylic acids is 1. The molecule has 1 atom stereocenters. The highest BCUT2D eigenvalue weighted by molar-refractivity contribution is 6.30. The molecule has 0 fully saturated rings. The quantitative estimate of drug-likeness (QED) is 0.910. The number of halogens is 1. The molecule has 0 bridgehead atoms. The van der Waals surface area contributed by atoms with Crippen LogP contribution in [0.4, 0.5) is 0 Å². The Labute approximate surface area is 122 Å². The molecule has 2 rings (SSSR count). The van der Waals surface area contributed by atoms with Crippen LogP contribution in [0, 0.1) is 0 Å². The Morgan fingerprint density at radius 1 is 1.50 bits per heavy atom. The van der Waals surface area contributed by atoms with Crippen LogP contribution >= 0.6 is 11.6 Å². The van der Waals surface area contributed by atoms with Gasteiger partial charge >= 0.3 is 0 Å². The Kier molecular flexibility index (Phi) is 4.68. The third-order valence-corrected chi connectivity index (χ3v) is 3.26. The van der Waals surface area contributed by atoms with E-state index in [0.29, 0.717) is 23.8 Å². The Hall–Kier alpha value is -1.95. The van der Waals surface area contributed by atoms with Crippen molar-refractivity contribution in [3.8, 4) is 0 Å². The maximum Gasteiger partial charge on any atom is 0.226 e. The molecule has 0 aliphatic rings. The van der Waals surface area contributed by atoms with Crippen molar-refractivity contribution < 1.29 is 4.79 Å². The summed E-state index contributed by atoms with van der Waals surface area (Å²) >= 11 is 5.91. The number of hydrogen-bond acceptors (Lipinski definition) is 4. The molecule has 20 heavy (non-hydrogen) atoms. The van der Waals surface area contributed by atoms with Gasteiger partial charge in [0.1, 0.15) is 0 Å². The predicted molar refractivity (Wildman–Crippen MR) is 75.4 cm³/mol. The average Bonchev–Trinajstić information content (AvgIpc) is 2.92. The zero-order valence-electron chi connectivity index (χ0n) is 11.4. The zero-order chi connectivity index (χ0) is 14.5. The van der Waals surface area contributed by atoms with Gasteiger partial charge in [-0.25, -0.2) is 0 Å². The van der Waals surface area contributed by atoms with Gasteiger partial charge in [0.25, 0.3) is 0 Å². The smallest absolute Gasteiger partial charge is 0.226 e. The van der Waals surface area contributed by atoms with E-state index in [1.165, 1.54) is 0 Å². The lowest BCUT2D eigenvalue weighted by Crippen LogP contribution is -2.31. The summed E-state index contributed by atoms with van der Waals surface area (Å²) in [4.78, 5) is 13.8. The van der Waals surface area contributed by atoms with Crippen LogP contribution in [0.2, 0.25) is 5.02 Å². The van der Waals surface area contributed by atoms with Crippen molar-refractivity contribution in [2.24, 2.45) is 0 Å². The van der Waals surface area contributed by atoms with Gasteiger partial charge in [0.2, 0.25) is 5.91 Å². The van der Waals surface area contributed by atoms with E-state index in [-0.39, 0.29) is 11.8 Å². The summed E-state index contributed by atoms with van der Waals surface area (Å²) in [7, 11) is 1.77. The second-order valence-electron chi connectivity index (χ2n) is 4.75. The van der Waals surface area contributed by atoms with Crippen molar-refractivity contribution in [2.75, 3.05) is 13.6 Å². The molecule has 1 aromatic carbocycles. The average molecular weight is 294 g/mol. The van der Waals surface area contributed by atoms with Crippen molar-refractivity contribution in [3.63, 3.8) is 0 Å². The third kappa shape index (κ3) is 3.77. The monoisotopic (exact) mass is 293 g/mol. The van der Waals surface area contributed by atoms with Crippen molar-refractivity contribution >= 4 is 17.5 Å². The molecule has 0 aliphatic carbocycles. The number of hydrogen-bond donors (Lipinski definition) is 1. The summed E-state index contributed by atoms with van der Waals surface area (Å²) in [6, 6.07) is 7.32. The molecule has 7 heteroatoms. The van der Waals surface area contributed by atoms with Crippen LogP contribution in [0.1, 0.15) is 24.2 Å². The summed E-state index contributed by atoms with van der Waals surface area (Å²) < 4.78 is 0. The van der Waals surface area contributed by atoms with Gasteiger partial charge in [-0.2, -0.15) is 5.21 Å². The van der Waals surface area contributed by atoms with Gasteiger partial charge in [0, 0.05) is 24.5 Å². The van der Waals surface area contributed by atoms with E-state index in [2.05, 4.69) is 20.6 Å². The number of nitrogens with one attached hydrogen (secondary N) is 1. The molecule has 0 spiro atoms. The first-order valence-electron chi connectivity index (χ1n) is 6.28. The van der Waals surface area contributed by atoms with Gasteiger partial charge in [0.05, 0.1) is 6.42 Å². The van der Waals surface area contributed by atoms with E-state index in [9.17, 15) is 4.79 Å². The van der Waals surface area contributed by atoms with Crippen LogP contribution in [0.15, 0.2) is 24.3 Å². The molecule has 0 radical (unpaired) electrons. The highest BCUT2D eigenvalue weighted by Crippen LogP contribution is 2.13.